The Labute approximate surface area is 113 Å². The van der Waals surface area contributed by atoms with Gasteiger partial charge >= 0.3 is 0 Å². The predicted molar refractivity (Wildman–Crippen MR) is 75.2 cm³/mol. The van der Waals surface area contributed by atoms with Crippen LogP contribution in [0.25, 0.3) is 11.3 Å². The molecule has 2 aromatic rings. The fourth-order valence-corrected chi connectivity index (χ4v) is 2.43. The van der Waals surface area contributed by atoms with Crippen LogP contribution in [-0.4, -0.2) is 16.1 Å². The third-order valence-electron chi connectivity index (χ3n) is 3.93. The average molecular weight is 254 g/mol. The molecule has 3 heteroatoms. The summed E-state index contributed by atoms with van der Waals surface area (Å²) in [4.78, 5) is 11.2. The first-order valence-corrected chi connectivity index (χ1v) is 6.80. The van der Waals surface area contributed by atoms with Crippen LogP contribution in [0, 0.1) is 12.8 Å². The zero-order chi connectivity index (χ0) is 13.4. The second kappa shape index (κ2) is 4.65. The molecule has 1 aromatic carbocycles. The molecule has 1 aromatic heterocycles. The Morgan fingerprint density at radius 3 is 2.58 bits per heavy atom. The van der Waals surface area contributed by atoms with Crippen molar-refractivity contribution < 1.29 is 4.79 Å². The quantitative estimate of drug-likeness (QED) is 0.781. The minimum atomic E-state index is 0.387. The van der Waals surface area contributed by atoms with Crippen LogP contribution in [0.2, 0.25) is 0 Å². The zero-order valence-electron chi connectivity index (χ0n) is 11.3. The molecule has 98 valence electrons. The Hall–Kier alpha value is -1.90. The van der Waals surface area contributed by atoms with Gasteiger partial charge < -0.3 is 0 Å². The third kappa shape index (κ3) is 2.33. The SMILES string of the molecule is Cc1ccc(-c2nn(C(C)C3CC3)cc2C=O)cc1. The second-order valence-electron chi connectivity index (χ2n) is 5.47. The summed E-state index contributed by atoms with van der Waals surface area (Å²) < 4.78 is 1.95. The number of aryl methyl sites for hydroxylation is 1. The largest absolute Gasteiger partial charge is 0.298 e. The lowest BCUT2D eigenvalue weighted by molar-refractivity contribution is 0.112. The van der Waals surface area contributed by atoms with Crippen LogP contribution in [0.5, 0.6) is 0 Å². The van der Waals surface area contributed by atoms with E-state index in [4.69, 9.17) is 0 Å². The number of nitrogens with zero attached hydrogens (tertiary/aromatic N) is 2. The Balaban J connectivity index is 1.99. The number of benzene rings is 1. The maximum atomic E-state index is 11.2. The van der Waals surface area contributed by atoms with Gasteiger partial charge in [-0.15, -0.1) is 0 Å². The van der Waals surface area contributed by atoms with E-state index in [0.717, 1.165) is 23.5 Å². The molecule has 1 unspecified atom stereocenters. The molecular formula is C16H18N2O. The van der Waals surface area contributed by atoms with E-state index < -0.39 is 0 Å². The third-order valence-corrected chi connectivity index (χ3v) is 3.93. The zero-order valence-corrected chi connectivity index (χ0v) is 11.3. The summed E-state index contributed by atoms with van der Waals surface area (Å²) in [7, 11) is 0. The molecule has 3 nitrogen and oxygen atoms in total. The summed E-state index contributed by atoms with van der Waals surface area (Å²) in [6, 6.07) is 8.53. The van der Waals surface area contributed by atoms with E-state index in [-0.39, 0.29) is 0 Å². The van der Waals surface area contributed by atoms with Gasteiger partial charge in [0.1, 0.15) is 5.69 Å². The summed E-state index contributed by atoms with van der Waals surface area (Å²) >= 11 is 0. The van der Waals surface area contributed by atoms with Gasteiger partial charge in [0, 0.05) is 11.8 Å². The maximum Gasteiger partial charge on any atom is 0.153 e. The summed E-state index contributed by atoms with van der Waals surface area (Å²) in [5.41, 5.74) is 3.69. The number of carbonyl (C=O) groups is 1. The predicted octanol–water partition coefficient (Wildman–Crippen LogP) is 3.64. The minimum absolute atomic E-state index is 0.387. The Bertz CT molecular complexity index is 594. The van der Waals surface area contributed by atoms with Crippen LogP contribution in [0.3, 0.4) is 0 Å². The van der Waals surface area contributed by atoms with E-state index in [1.165, 1.54) is 18.4 Å². The molecule has 1 aliphatic rings. The Kier molecular flexibility index (Phi) is 2.97. The highest BCUT2D eigenvalue weighted by Gasteiger charge is 2.30. The molecule has 3 rings (SSSR count). The lowest BCUT2D eigenvalue weighted by Gasteiger charge is -2.09. The van der Waals surface area contributed by atoms with E-state index >= 15 is 0 Å². The fraction of sp³-hybridized carbons (Fsp3) is 0.375. The van der Waals surface area contributed by atoms with Gasteiger partial charge in [0.2, 0.25) is 0 Å². The molecule has 0 spiro atoms. The van der Waals surface area contributed by atoms with Crippen LogP contribution >= 0.6 is 0 Å². The normalized spacial score (nSPS) is 16.3. The minimum Gasteiger partial charge on any atom is -0.298 e. The second-order valence-corrected chi connectivity index (χ2v) is 5.47. The number of hydrogen-bond donors (Lipinski definition) is 0. The van der Waals surface area contributed by atoms with Crippen LogP contribution in [-0.2, 0) is 0 Å². The van der Waals surface area contributed by atoms with Crippen LogP contribution in [0.1, 0.15) is 41.7 Å². The van der Waals surface area contributed by atoms with Gasteiger partial charge in [0.05, 0.1) is 11.6 Å². The average Bonchev–Trinajstić information content (AvgIpc) is 3.18. The van der Waals surface area contributed by atoms with Gasteiger partial charge in [-0.2, -0.15) is 5.10 Å². The topological polar surface area (TPSA) is 34.9 Å². The molecule has 1 saturated carbocycles. The molecule has 0 radical (unpaired) electrons. The highest BCUT2D eigenvalue weighted by Crippen LogP contribution is 2.39. The fourth-order valence-electron chi connectivity index (χ4n) is 2.43. The first kappa shape index (κ1) is 12.2. The number of carbonyl (C=O) groups excluding carboxylic acids is 1. The first-order valence-electron chi connectivity index (χ1n) is 6.80. The van der Waals surface area contributed by atoms with Gasteiger partial charge in [-0.1, -0.05) is 29.8 Å². The summed E-state index contributed by atoms with van der Waals surface area (Å²) in [6.45, 7) is 4.23. The van der Waals surface area contributed by atoms with Crippen molar-refractivity contribution >= 4 is 6.29 Å². The summed E-state index contributed by atoms with van der Waals surface area (Å²) in [5.74, 6) is 0.727. The standard InChI is InChI=1S/C16H18N2O/c1-11-3-5-14(6-4-11)16-15(10-19)9-18(17-16)12(2)13-7-8-13/h3-6,9-10,12-13H,7-8H2,1-2H3. The number of rotatable bonds is 4. The van der Waals surface area contributed by atoms with Crippen LogP contribution < -0.4 is 0 Å². The summed E-state index contributed by atoms with van der Waals surface area (Å²) in [6.07, 6.45) is 5.33. The number of aldehydes is 1. The van der Waals surface area contributed by atoms with E-state index in [1.807, 2.05) is 35.1 Å². The molecule has 1 fully saturated rings. The molecule has 0 N–H and O–H groups in total. The molecule has 0 aliphatic heterocycles. The Morgan fingerprint density at radius 1 is 1.32 bits per heavy atom. The number of hydrogen-bond acceptors (Lipinski definition) is 2. The van der Waals surface area contributed by atoms with E-state index in [9.17, 15) is 4.79 Å². The van der Waals surface area contributed by atoms with Gasteiger partial charge in [-0.3, -0.25) is 9.48 Å². The van der Waals surface area contributed by atoms with Crippen molar-refractivity contribution in [3.63, 3.8) is 0 Å². The molecule has 1 atom stereocenters. The van der Waals surface area contributed by atoms with Crippen LogP contribution in [0.4, 0.5) is 0 Å². The van der Waals surface area contributed by atoms with Crippen molar-refractivity contribution in [1.82, 2.24) is 9.78 Å². The Morgan fingerprint density at radius 2 is 2.00 bits per heavy atom. The molecule has 0 amide bonds. The highest BCUT2D eigenvalue weighted by molar-refractivity contribution is 5.85. The van der Waals surface area contributed by atoms with Crippen LogP contribution in [0.15, 0.2) is 30.5 Å². The van der Waals surface area contributed by atoms with Crippen molar-refractivity contribution in [3.8, 4) is 11.3 Å². The molecule has 0 saturated heterocycles. The van der Waals surface area contributed by atoms with E-state index in [1.54, 1.807) is 0 Å². The molecule has 1 heterocycles. The smallest absolute Gasteiger partial charge is 0.153 e. The first-order chi connectivity index (χ1) is 9.19. The van der Waals surface area contributed by atoms with Gasteiger partial charge in [0.25, 0.3) is 0 Å². The molecular weight excluding hydrogens is 236 g/mol. The summed E-state index contributed by atoms with van der Waals surface area (Å²) in [5, 5.41) is 4.63. The molecule has 0 bridgehead atoms. The van der Waals surface area contributed by atoms with Gasteiger partial charge in [0.15, 0.2) is 6.29 Å². The molecule has 1 aliphatic carbocycles. The van der Waals surface area contributed by atoms with Crippen molar-refractivity contribution in [2.24, 2.45) is 5.92 Å². The van der Waals surface area contributed by atoms with Crippen molar-refractivity contribution in [2.45, 2.75) is 32.7 Å². The highest BCUT2D eigenvalue weighted by atomic mass is 16.1. The van der Waals surface area contributed by atoms with Crippen molar-refractivity contribution in [2.75, 3.05) is 0 Å². The van der Waals surface area contributed by atoms with Gasteiger partial charge in [-0.25, -0.2) is 0 Å². The van der Waals surface area contributed by atoms with Crippen molar-refractivity contribution in [3.05, 3.63) is 41.6 Å². The van der Waals surface area contributed by atoms with Gasteiger partial charge in [-0.05, 0) is 32.6 Å². The van der Waals surface area contributed by atoms with E-state index in [0.29, 0.717) is 11.6 Å². The lowest BCUT2D eigenvalue weighted by Crippen LogP contribution is -2.07. The lowest BCUT2D eigenvalue weighted by atomic mass is 10.1. The van der Waals surface area contributed by atoms with E-state index in [2.05, 4.69) is 18.9 Å². The van der Waals surface area contributed by atoms with Crippen molar-refractivity contribution in [1.29, 1.82) is 0 Å². The maximum absolute atomic E-state index is 11.2. The monoisotopic (exact) mass is 254 g/mol. The number of aromatic nitrogens is 2. The molecule has 19 heavy (non-hydrogen) atoms.